The predicted molar refractivity (Wildman–Crippen MR) is 63.0 cm³/mol. The molecule has 1 fully saturated rings. The van der Waals surface area contributed by atoms with Crippen molar-refractivity contribution in [3.63, 3.8) is 0 Å². The molecule has 1 heterocycles. The highest BCUT2D eigenvalue weighted by atomic mass is 16.8. The molecule has 4 atom stereocenters. The fourth-order valence-corrected chi connectivity index (χ4v) is 2.12. The summed E-state index contributed by atoms with van der Waals surface area (Å²) in [4.78, 5) is 2.58. The van der Waals surface area contributed by atoms with Gasteiger partial charge in [-0.3, -0.25) is 0 Å². The monoisotopic (exact) mass is 277 g/mol. The molecule has 19 heavy (non-hydrogen) atoms. The summed E-state index contributed by atoms with van der Waals surface area (Å²) in [6, 6.07) is 0. The second-order valence-electron chi connectivity index (χ2n) is 4.89. The Hall–Kier alpha value is -0.930. The van der Waals surface area contributed by atoms with Gasteiger partial charge in [-0.25, -0.2) is 0 Å². The molecular weight excluding hydrogens is 258 g/mol. The minimum atomic E-state index is -1.49. The zero-order valence-corrected chi connectivity index (χ0v) is 10.8. The first-order chi connectivity index (χ1) is 8.82. The number of azide groups is 1. The van der Waals surface area contributed by atoms with Crippen molar-refractivity contribution in [3.05, 3.63) is 10.4 Å². The molecule has 9 nitrogen and oxygen atoms in total. The lowest BCUT2D eigenvalue weighted by Crippen LogP contribution is -2.55. The van der Waals surface area contributed by atoms with Gasteiger partial charge in [-0.1, -0.05) is 5.11 Å². The molecule has 0 radical (unpaired) electrons. The van der Waals surface area contributed by atoms with Gasteiger partial charge in [-0.2, -0.15) is 0 Å². The molecule has 0 aromatic heterocycles. The minimum absolute atomic E-state index is 0.274. The van der Waals surface area contributed by atoms with Gasteiger partial charge in [0.2, 0.25) is 0 Å². The van der Waals surface area contributed by atoms with Crippen LogP contribution < -0.4 is 0 Å². The first-order valence-electron chi connectivity index (χ1n) is 5.78. The lowest BCUT2D eigenvalue weighted by Gasteiger charge is -2.33. The molecule has 0 aromatic carbocycles. The Morgan fingerprint density at radius 1 is 1.37 bits per heavy atom. The molecule has 0 spiro atoms. The van der Waals surface area contributed by atoms with Crippen molar-refractivity contribution >= 4 is 0 Å². The normalized spacial score (nSPS) is 32.6. The SMILES string of the molecule is CC1(C)O[C@@H]([C@H](O)[C@H](O)CO)[C@](CO)(CN=[N+]=[N-])O1. The number of hydrogen-bond donors (Lipinski definition) is 4. The van der Waals surface area contributed by atoms with Gasteiger partial charge in [-0.15, -0.1) is 0 Å². The number of aliphatic hydroxyl groups excluding tert-OH is 4. The maximum absolute atomic E-state index is 9.95. The average molecular weight is 277 g/mol. The van der Waals surface area contributed by atoms with E-state index in [0.717, 1.165) is 0 Å². The largest absolute Gasteiger partial charge is 0.394 e. The van der Waals surface area contributed by atoms with Gasteiger partial charge in [-0.05, 0) is 19.4 Å². The second-order valence-corrected chi connectivity index (χ2v) is 4.89. The van der Waals surface area contributed by atoms with E-state index in [1.54, 1.807) is 13.8 Å². The van der Waals surface area contributed by atoms with Crippen molar-refractivity contribution in [2.45, 2.75) is 43.5 Å². The van der Waals surface area contributed by atoms with Crippen molar-refractivity contribution < 1.29 is 29.9 Å². The number of aliphatic hydroxyl groups is 4. The molecule has 0 amide bonds. The van der Waals surface area contributed by atoms with Crippen molar-refractivity contribution in [3.8, 4) is 0 Å². The standard InChI is InChI=1S/C10H19N3O6/c1-9(2)18-8(7(17)6(16)3-14)10(5-15,19-9)4-12-13-11/h6-8,14-17H,3-5H2,1-2H3/t6-,7-,8+,10-/m1/s1. The van der Waals surface area contributed by atoms with Crippen LogP contribution in [0.3, 0.4) is 0 Å². The van der Waals surface area contributed by atoms with Gasteiger partial charge >= 0.3 is 0 Å². The van der Waals surface area contributed by atoms with Crippen LogP contribution in [0.1, 0.15) is 13.8 Å². The quantitative estimate of drug-likeness (QED) is 0.275. The summed E-state index contributed by atoms with van der Waals surface area (Å²) in [6.45, 7) is 1.60. The van der Waals surface area contributed by atoms with Crippen LogP contribution in [0.4, 0.5) is 0 Å². The molecular formula is C10H19N3O6. The van der Waals surface area contributed by atoms with E-state index in [9.17, 15) is 15.3 Å². The van der Waals surface area contributed by atoms with Crippen molar-refractivity contribution in [2.75, 3.05) is 19.8 Å². The number of hydrogen-bond acceptors (Lipinski definition) is 7. The highest BCUT2D eigenvalue weighted by Gasteiger charge is 2.56. The van der Waals surface area contributed by atoms with E-state index < -0.39 is 42.9 Å². The predicted octanol–water partition coefficient (Wildman–Crippen LogP) is -1.11. The van der Waals surface area contributed by atoms with Crippen LogP contribution in [-0.2, 0) is 9.47 Å². The molecule has 4 N–H and O–H groups in total. The maximum Gasteiger partial charge on any atom is 0.164 e. The molecule has 110 valence electrons. The molecule has 0 bridgehead atoms. The van der Waals surface area contributed by atoms with Crippen LogP contribution in [0.15, 0.2) is 5.11 Å². The summed E-state index contributed by atoms with van der Waals surface area (Å²) in [5.41, 5.74) is 6.91. The second kappa shape index (κ2) is 6.02. The van der Waals surface area contributed by atoms with Gasteiger partial charge in [0.05, 0.1) is 19.8 Å². The van der Waals surface area contributed by atoms with Crippen LogP contribution in [0.25, 0.3) is 10.4 Å². The van der Waals surface area contributed by atoms with E-state index >= 15 is 0 Å². The van der Waals surface area contributed by atoms with Gasteiger partial charge in [0, 0.05) is 4.91 Å². The Morgan fingerprint density at radius 3 is 2.47 bits per heavy atom. The van der Waals surface area contributed by atoms with E-state index in [-0.39, 0.29) is 6.54 Å². The Kier molecular flexibility index (Phi) is 5.11. The molecule has 9 heteroatoms. The third kappa shape index (κ3) is 3.34. The summed E-state index contributed by atoms with van der Waals surface area (Å²) in [5, 5.41) is 41.2. The van der Waals surface area contributed by atoms with Crippen LogP contribution in [-0.4, -0.2) is 69.9 Å². The fraction of sp³-hybridized carbons (Fsp3) is 1.00. The molecule has 0 aliphatic carbocycles. The van der Waals surface area contributed by atoms with Crippen LogP contribution in [0, 0.1) is 0 Å². The molecule has 0 saturated carbocycles. The average Bonchev–Trinajstić information content (AvgIpc) is 2.66. The fourth-order valence-electron chi connectivity index (χ4n) is 2.12. The summed E-state index contributed by atoms with van der Waals surface area (Å²) in [6.07, 6.45) is -4.09. The van der Waals surface area contributed by atoms with Crippen molar-refractivity contribution in [2.24, 2.45) is 5.11 Å². The molecule has 0 aromatic rings. The van der Waals surface area contributed by atoms with Gasteiger partial charge in [0.1, 0.15) is 23.9 Å². The molecule has 1 rings (SSSR count). The van der Waals surface area contributed by atoms with Crippen molar-refractivity contribution in [1.82, 2.24) is 0 Å². The maximum atomic E-state index is 9.95. The summed E-state index contributed by atoms with van der Waals surface area (Å²) in [5.74, 6) is -1.13. The zero-order valence-electron chi connectivity index (χ0n) is 10.8. The van der Waals surface area contributed by atoms with Gasteiger partial charge in [0.15, 0.2) is 5.79 Å². The Balaban J connectivity index is 3.05. The van der Waals surface area contributed by atoms with E-state index in [4.69, 9.17) is 20.1 Å². The topological polar surface area (TPSA) is 148 Å². The smallest absolute Gasteiger partial charge is 0.164 e. The molecule has 1 aliphatic heterocycles. The zero-order chi connectivity index (χ0) is 14.7. The van der Waals surface area contributed by atoms with Crippen LogP contribution >= 0.6 is 0 Å². The van der Waals surface area contributed by atoms with Gasteiger partial charge in [0.25, 0.3) is 0 Å². The van der Waals surface area contributed by atoms with Gasteiger partial charge < -0.3 is 29.9 Å². The number of rotatable bonds is 6. The summed E-state index contributed by atoms with van der Waals surface area (Å²) < 4.78 is 11.0. The number of nitrogens with zero attached hydrogens (tertiary/aromatic N) is 3. The Morgan fingerprint density at radius 2 is 2.00 bits per heavy atom. The third-order valence-corrected chi connectivity index (χ3v) is 2.94. The number of ether oxygens (including phenoxy) is 2. The van der Waals surface area contributed by atoms with Crippen LogP contribution in [0.2, 0.25) is 0 Å². The third-order valence-electron chi connectivity index (χ3n) is 2.94. The Bertz CT molecular complexity index is 359. The minimum Gasteiger partial charge on any atom is -0.394 e. The van der Waals surface area contributed by atoms with E-state index in [1.165, 1.54) is 0 Å². The lowest BCUT2D eigenvalue weighted by molar-refractivity contribution is -0.172. The highest BCUT2D eigenvalue weighted by molar-refractivity contribution is 5.02. The summed E-state index contributed by atoms with van der Waals surface area (Å²) >= 11 is 0. The highest BCUT2D eigenvalue weighted by Crippen LogP contribution is 2.39. The van der Waals surface area contributed by atoms with E-state index in [1.807, 2.05) is 0 Å². The van der Waals surface area contributed by atoms with Crippen molar-refractivity contribution in [1.29, 1.82) is 0 Å². The van der Waals surface area contributed by atoms with E-state index in [2.05, 4.69) is 10.0 Å². The first-order valence-corrected chi connectivity index (χ1v) is 5.78. The first kappa shape index (κ1) is 16.1. The molecule has 1 aliphatic rings. The lowest BCUT2D eigenvalue weighted by atomic mass is 9.91. The van der Waals surface area contributed by atoms with Crippen LogP contribution in [0.5, 0.6) is 0 Å². The summed E-state index contributed by atoms with van der Waals surface area (Å²) in [7, 11) is 0. The van der Waals surface area contributed by atoms with E-state index in [0.29, 0.717) is 0 Å². The molecule has 0 unspecified atom stereocenters. The Labute approximate surface area is 110 Å². The molecule has 1 saturated heterocycles.